The minimum atomic E-state index is -0.0411. The molecule has 3 aromatic carbocycles. The molecule has 4 N–H and O–H groups in total. The molecule has 3 aromatic rings. The third-order valence-electron chi connectivity index (χ3n) is 3.71. The second kappa shape index (κ2) is 17.1. The second-order valence-corrected chi connectivity index (χ2v) is 5.81. The lowest BCUT2D eigenvalue weighted by atomic mass is 10.2. The highest BCUT2D eigenvalue weighted by Crippen LogP contribution is 1.98. The number of ketones is 1. The Bertz CT molecular complexity index is 832. The van der Waals surface area contributed by atoms with Crippen molar-refractivity contribution in [2.75, 3.05) is 21.1 Å². The molecule has 0 aromatic heterocycles. The molecular weight excluding hydrogens is 390 g/mol. The normalized spacial score (nSPS) is 8.55. The van der Waals surface area contributed by atoms with E-state index in [1.165, 1.54) is 7.05 Å². The van der Waals surface area contributed by atoms with Gasteiger partial charge in [0.25, 0.3) is 11.8 Å². The van der Waals surface area contributed by atoms with Crippen LogP contribution in [-0.2, 0) is 0 Å². The highest BCUT2D eigenvalue weighted by atomic mass is 16.2. The molecule has 6 nitrogen and oxygen atoms in total. The maximum atomic E-state index is 10.9. The molecule has 164 valence electrons. The molecule has 0 saturated heterocycles. The van der Waals surface area contributed by atoms with E-state index in [4.69, 9.17) is 0 Å². The minimum Gasteiger partial charge on any atom is -0.355 e. The van der Waals surface area contributed by atoms with Gasteiger partial charge in [0.15, 0.2) is 5.78 Å². The third kappa shape index (κ3) is 11.7. The van der Waals surface area contributed by atoms with Gasteiger partial charge in [-0.15, -0.1) is 0 Å². The van der Waals surface area contributed by atoms with E-state index in [0.29, 0.717) is 11.1 Å². The van der Waals surface area contributed by atoms with Gasteiger partial charge in [-0.05, 0) is 38.2 Å². The minimum absolute atomic E-state index is 0.0411. The molecule has 31 heavy (non-hydrogen) atoms. The molecule has 0 unspecified atom stereocenters. The van der Waals surface area contributed by atoms with Gasteiger partial charge in [0.2, 0.25) is 0 Å². The number of Topliss-reactive ketones (excluding diaryl/α,β-unsaturated/α-hetero) is 1. The van der Waals surface area contributed by atoms with Crippen molar-refractivity contribution in [2.24, 2.45) is 5.73 Å². The van der Waals surface area contributed by atoms with E-state index in [9.17, 15) is 14.4 Å². The van der Waals surface area contributed by atoms with Crippen molar-refractivity contribution in [1.29, 1.82) is 0 Å². The maximum Gasteiger partial charge on any atom is 0.251 e. The molecule has 0 aliphatic rings. The molecule has 0 aliphatic carbocycles. The van der Waals surface area contributed by atoms with E-state index in [2.05, 4.69) is 16.4 Å². The van der Waals surface area contributed by atoms with Crippen molar-refractivity contribution >= 4 is 17.6 Å². The van der Waals surface area contributed by atoms with Crippen molar-refractivity contribution < 1.29 is 14.4 Å². The van der Waals surface area contributed by atoms with Crippen LogP contribution in [0.4, 0.5) is 0 Å². The molecule has 0 aliphatic heterocycles. The fraction of sp³-hybridized carbons (Fsp3) is 0.160. The van der Waals surface area contributed by atoms with Crippen LogP contribution in [0.2, 0.25) is 0 Å². The largest absolute Gasteiger partial charge is 0.355 e. The van der Waals surface area contributed by atoms with E-state index in [0.717, 1.165) is 5.56 Å². The quantitative estimate of drug-likeness (QED) is 0.563. The number of benzene rings is 3. The lowest BCUT2D eigenvalue weighted by molar-refractivity contribution is 0.0955. The Morgan fingerprint density at radius 2 is 0.806 bits per heavy atom. The van der Waals surface area contributed by atoms with Gasteiger partial charge in [-0.2, -0.15) is 0 Å². The first-order valence-corrected chi connectivity index (χ1v) is 9.67. The summed E-state index contributed by atoms with van der Waals surface area (Å²) < 4.78 is 0. The van der Waals surface area contributed by atoms with Crippen LogP contribution >= 0.6 is 0 Å². The molecule has 2 amide bonds. The monoisotopic (exact) mass is 421 g/mol. The number of carbonyl (C=O) groups is 3. The highest BCUT2D eigenvalue weighted by Gasteiger charge is 1.98. The van der Waals surface area contributed by atoms with Gasteiger partial charge >= 0.3 is 0 Å². The summed E-state index contributed by atoms with van der Waals surface area (Å²) in [6, 6.07) is 27.4. The predicted octanol–water partition coefficient (Wildman–Crippen LogP) is 3.56. The number of rotatable bonds is 3. The standard InChI is InChI=1S/2C8H9NO.C8H8O.CH5N/c2*1-9-8(10)7-5-3-2-4-6-7;1-7(9)8-5-3-2-4-6-8;1-2/h2*2-6H,1H3,(H,9,10);2-6H,1H3;2H2,1H3. The van der Waals surface area contributed by atoms with Gasteiger partial charge in [-0.1, -0.05) is 66.7 Å². The van der Waals surface area contributed by atoms with E-state index >= 15 is 0 Å². The first-order chi connectivity index (χ1) is 15.0. The summed E-state index contributed by atoms with van der Waals surface area (Å²) >= 11 is 0. The summed E-state index contributed by atoms with van der Waals surface area (Å²) in [6.45, 7) is 1.56. The number of hydrogen-bond acceptors (Lipinski definition) is 4. The first kappa shape index (κ1) is 27.2. The molecule has 6 heteroatoms. The van der Waals surface area contributed by atoms with E-state index in [-0.39, 0.29) is 17.6 Å². The van der Waals surface area contributed by atoms with Crippen LogP contribution < -0.4 is 16.4 Å². The van der Waals surface area contributed by atoms with Gasteiger partial charge in [-0.25, -0.2) is 0 Å². The van der Waals surface area contributed by atoms with Gasteiger partial charge in [0.05, 0.1) is 0 Å². The van der Waals surface area contributed by atoms with Crippen LogP contribution in [0.1, 0.15) is 38.0 Å². The van der Waals surface area contributed by atoms with Crippen LogP contribution in [-0.4, -0.2) is 38.7 Å². The molecule has 0 saturated carbocycles. The topological polar surface area (TPSA) is 101 Å². The Kier molecular flexibility index (Phi) is 15.0. The number of carbonyl (C=O) groups excluding carboxylic acids is 3. The zero-order valence-electron chi connectivity index (χ0n) is 18.5. The van der Waals surface area contributed by atoms with Crippen molar-refractivity contribution in [3.05, 3.63) is 108 Å². The Hall–Kier alpha value is -3.77. The van der Waals surface area contributed by atoms with Gasteiger partial charge < -0.3 is 16.4 Å². The number of nitrogens with one attached hydrogen (secondary N) is 2. The summed E-state index contributed by atoms with van der Waals surface area (Å²) in [4.78, 5) is 32.4. The molecule has 0 spiro atoms. The lowest BCUT2D eigenvalue weighted by Gasteiger charge is -1.96. The van der Waals surface area contributed by atoms with Crippen molar-refractivity contribution in [3.8, 4) is 0 Å². The Labute approximate surface area is 184 Å². The molecular formula is C25H31N3O3. The van der Waals surface area contributed by atoms with E-state index < -0.39 is 0 Å². The summed E-state index contributed by atoms with van der Waals surface area (Å²) in [7, 11) is 4.74. The number of hydrogen-bond donors (Lipinski definition) is 3. The van der Waals surface area contributed by atoms with E-state index in [1.54, 1.807) is 45.3 Å². The van der Waals surface area contributed by atoms with Crippen LogP contribution in [0.3, 0.4) is 0 Å². The Morgan fingerprint density at radius 3 is 1.00 bits per heavy atom. The van der Waals surface area contributed by atoms with Gasteiger partial charge in [-0.3, -0.25) is 14.4 Å². The van der Waals surface area contributed by atoms with Crippen LogP contribution in [0, 0.1) is 0 Å². The maximum absolute atomic E-state index is 10.9. The zero-order chi connectivity index (χ0) is 23.5. The van der Waals surface area contributed by atoms with Gasteiger partial charge in [0, 0.05) is 30.8 Å². The van der Waals surface area contributed by atoms with Crippen LogP contribution in [0.15, 0.2) is 91.0 Å². The zero-order valence-corrected chi connectivity index (χ0v) is 18.5. The molecule has 0 atom stereocenters. The smallest absolute Gasteiger partial charge is 0.251 e. The predicted molar refractivity (Wildman–Crippen MR) is 126 cm³/mol. The summed E-state index contributed by atoms with van der Waals surface area (Å²) in [5.41, 5.74) is 6.67. The third-order valence-corrected chi connectivity index (χ3v) is 3.71. The summed E-state index contributed by atoms with van der Waals surface area (Å²) in [6.07, 6.45) is 0. The fourth-order valence-electron chi connectivity index (χ4n) is 2.14. The van der Waals surface area contributed by atoms with Crippen molar-refractivity contribution in [2.45, 2.75) is 6.92 Å². The lowest BCUT2D eigenvalue weighted by Crippen LogP contribution is -2.17. The first-order valence-electron chi connectivity index (χ1n) is 9.67. The van der Waals surface area contributed by atoms with Gasteiger partial charge in [0.1, 0.15) is 0 Å². The molecule has 3 rings (SSSR count). The molecule has 0 fully saturated rings. The number of amides is 2. The average Bonchev–Trinajstić information content (AvgIpc) is 2.86. The summed E-state index contributed by atoms with van der Waals surface area (Å²) in [5, 5.41) is 5.08. The Morgan fingerprint density at radius 1 is 0.548 bits per heavy atom. The molecule has 0 bridgehead atoms. The van der Waals surface area contributed by atoms with Crippen molar-refractivity contribution in [1.82, 2.24) is 10.6 Å². The van der Waals surface area contributed by atoms with E-state index in [1.807, 2.05) is 66.7 Å². The Balaban J connectivity index is 0.000000419. The highest BCUT2D eigenvalue weighted by molar-refractivity contribution is 5.94. The number of nitrogens with two attached hydrogens (primary N) is 1. The van der Waals surface area contributed by atoms with Crippen LogP contribution in [0.25, 0.3) is 0 Å². The fourth-order valence-corrected chi connectivity index (χ4v) is 2.14. The molecule has 0 radical (unpaired) electrons. The van der Waals surface area contributed by atoms with Crippen molar-refractivity contribution in [3.63, 3.8) is 0 Å². The SMILES string of the molecule is CC(=O)c1ccccc1.CN.CNC(=O)c1ccccc1.CNC(=O)c1ccccc1. The van der Waals surface area contributed by atoms with Crippen LogP contribution in [0.5, 0.6) is 0 Å². The second-order valence-electron chi connectivity index (χ2n) is 5.81. The molecule has 0 heterocycles. The average molecular weight is 422 g/mol. The summed E-state index contributed by atoms with van der Waals surface area (Å²) in [5.74, 6) is 0.0387.